The average Bonchev–Trinajstić information content (AvgIpc) is 2.51. The first kappa shape index (κ1) is 13.4. The molecule has 0 bridgehead atoms. The van der Waals surface area contributed by atoms with Crippen LogP contribution in [0.5, 0.6) is 0 Å². The molecule has 2 rings (SSSR count). The molecule has 0 spiro atoms. The first-order valence-electron chi connectivity index (χ1n) is 6.45. The zero-order valence-electron chi connectivity index (χ0n) is 10.6. The highest BCUT2D eigenvalue weighted by Gasteiger charge is 2.34. The fraction of sp³-hybridized carbons (Fsp3) is 0.571. The molecule has 1 aromatic carbocycles. The highest BCUT2D eigenvalue weighted by molar-refractivity contribution is 5.25. The van der Waals surface area contributed by atoms with Crippen LogP contribution in [0.15, 0.2) is 18.2 Å². The van der Waals surface area contributed by atoms with Crippen molar-refractivity contribution in [2.75, 3.05) is 19.6 Å². The molecule has 4 heteroatoms. The summed E-state index contributed by atoms with van der Waals surface area (Å²) in [5.74, 6) is -1.26. The Hall–Kier alpha value is -1.00. The normalized spacial score (nSPS) is 26.0. The van der Waals surface area contributed by atoms with E-state index in [4.69, 9.17) is 0 Å². The topological polar surface area (TPSA) is 23.5 Å². The second-order valence-electron chi connectivity index (χ2n) is 4.94. The highest BCUT2D eigenvalue weighted by atomic mass is 19.1. The number of hydrogen-bond donors (Lipinski definition) is 1. The van der Waals surface area contributed by atoms with Crippen molar-refractivity contribution in [2.45, 2.75) is 31.8 Å². The third-order valence-electron chi connectivity index (χ3n) is 3.79. The molecule has 1 N–H and O–H groups in total. The maximum atomic E-state index is 13.8. The molecule has 1 aliphatic rings. The Morgan fingerprint density at radius 3 is 2.72 bits per heavy atom. The summed E-state index contributed by atoms with van der Waals surface area (Å²) in [5.41, 5.74) is -0.941. The lowest BCUT2D eigenvalue weighted by Crippen LogP contribution is -2.30. The molecule has 1 aromatic rings. The lowest BCUT2D eigenvalue weighted by Gasteiger charge is -2.27. The SMILES string of the molecule is CCN1CCCC(O)(c2ccc(F)cc2F)CC1. The zero-order chi connectivity index (χ0) is 13.2. The zero-order valence-corrected chi connectivity index (χ0v) is 10.6. The van der Waals surface area contributed by atoms with Crippen LogP contribution < -0.4 is 0 Å². The van der Waals surface area contributed by atoms with Crippen molar-refractivity contribution in [1.29, 1.82) is 0 Å². The number of halogens is 2. The first-order valence-corrected chi connectivity index (χ1v) is 6.45. The van der Waals surface area contributed by atoms with Crippen molar-refractivity contribution < 1.29 is 13.9 Å². The van der Waals surface area contributed by atoms with Gasteiger partial charge in [0.2, 0.25) is 0 Å². The van der Waals surface area contributed by atoms with E-state index in [1.807, 2.05) is 0 Å². The van der Waals surface area contributed by atoms with Crippen LogP contribution in [-0.2, 0) is 5.60 Å². The number of likely N-dealkylation sites (tertiary alicyclic amines) is 1. The van der Waals surface area contributed by atoms with Crippen LogP contribution in [-0.4, -0.2) is 29.6 Å². The van der Waals surface area contributed by atoms with Crippen LogP contribution >= 0.6 is 0 Å². The van der Waals surface area contributed by atoms with Crippen molar-refractivity contribution >= 4 is 0 Å². The van der Waals surface area contributed by atoms with E-state index in [9.17, 15) is 13.9 Å². The van der Waals surface area contributed by atoms with E-state index < -0.39 is 17.2 Å². The Bertz CT molecular complexity index is 424. The van der Waals surface area contributed by atoms with Crippen molar-refractivity contribution in [2.24, 2.45) is 0 Å². The van der Waals surface area contributed by atoms with E-state index in [0.29, 0.717) is 12.8 Å². The molecule has 1 atom stereocenters. The van der Waals surface area contributed by atoms with Crippen LogP contribution in [0, 0.1) is 11.6 Å². The molecule has 0 amide bonds. The summed E-state index contributed by atoms with van der Waals surface area (Å²) >= 11 is 0. The van der Waals surface area contributed by atoms with Crippen molar-refractivity contribution in [3.63, 3.8) is 0 Å². The van der Waals surface area contributed by atoms with E-state index in [1.54, 1.807) is 0 Å². The molecule has 1 heterocycles. The maximum Gasteiger partial charge on any atom is 0.132 e. The van der Waals surface area contributed by atoms with Gasteiger partial charge >= 0.3 is 0 Å². The number of aliphatic hydroxyl groups is 1. The van der Waals surface area contributed by atoms with Gasteiger partial charge in [0.15, 0.2) is 0 Å². The molecular weight excluding hydrogens is 236 g/mol. The Kier molecular flexibility index (Phi) is 3.97. The van der Waals surface area contributed by atoms with Crippen LogP contribution in [0.1, 0.15) is 31.7 Å². The molecule has 1 saturated heterocycles. The summed E-state index contributed by atoms with van der Waals surface area (Å²) in [7, 11) is 0. The summed E-state index contributed by atoms with van der Waals surface area (Å²) in [5, 5.41) is 10.6. The minimum Gasteiger partial charge on any atom is -0.385 e. The van der Waals surface area contributed by atoms with E-state index in [0.717, 1.165) is 32.1 Å². The smallest absolute Gasteiger partial charge is 0.132 e. The second kappa shape index (κ2) is 5.33. The molecule has 100 valence electrons. The molecule has 18 heavy (non-hydrogen) atoms. The van der Waals surface area contributed by atoms with E-state index in [1.165, 1.54) is 12.1 Å². The van der Waals surface area contributed by atoms with Gasteiger partial charge < -0.3 is 10.0 Å². The van der Waals surface area contributed by atoms with Crippen molar-refractivity contribution in [1.82, 2.24) is 4.90 Å². The second-order valence-corrected chi connectivity index (χ2v) is 4.94. The van der Waals surface area contributed by atoms with Gasteiger partial charge in [-0.3, -0.25) is 0 Å². The fourth-order valence-corrected chi connectivity index (χ4v) is 2.63. The van der Waals surface area contributed by atoms with Crippen molar-refractivity contribution in [3.05, 3.63) is 35.4 Å². The maximum absolute atomic E-state index is 13.8. The van der Waals surface area contributed by atoms with Crippen LogP contribution in [0.4, 0.5) is 8.78 Å². The predicted molar refractivity (Wildman–Crippen MR) is 66.2 cm³/mol. The van der Waals surface area contributed by atoms with E-state index in [2.05, 4.69) is 11.8 Å². The lowest BCUT2D eigenvalue weighted by atomic mass is 9.86. The van der Waals surface area contributed by atoms with E-state index >= 15 is 0 Å². The average molecular weight is 255 g/mol. The molecule has 0 aliphatic carbocycles. The number of nitrogens with zero attached hydrogens (tertiary/aromatic N) is 1. The van der Waals surface area contributed by atoms with Gasteiger partial charge in [-0.05, 0) is 38.4 Å². The van der Waals surface area contributed by atoms with Crippen LogP contribution in [0.2, 0.25) is 0 Å². The summed E-state index contributed by atoms with van der Waals surface area (Å²) in [4.78, 5) is 2.24. The minimum absolute atomic E-state index is 0.224. The van der Waals surface area contributed by atoms with Gasteiger partial charge in [0, 0.05) is 18.2 Å². The molecule has 0 radical (unpaired) electrons. The Morgan fingerprint density at radius 1 is 1.28 bits per heavy atom. The van der Waals surface area contributed by atoms with Gasteiger partial charge in [0.05, 0.1) is 5.60 Å². The highest BCUT2D eigenvalue weighted by Crippen LogP contribution is 2.34. The number of rotatable bonds is 2. The summed E-state index contributed by atoms with van der Waals surface area (Å²) in [6.07, 6.45) is 1.83. The largest absolute Gasteiger partial charge is 0.385 e. The third kappa shape index (κ3) is 2.70. The molecule has 0 saturated carbocycles. The molecule has 2 nitrogen and oxygen atoms in total. The van der Waals surface area contributed by atoms with E-state index in [-0.39, 0.29) is 5.56 Å². The summed E-state index contributed by atoms with van der Waals surface area (Å²) in [6.45, 7) is 4.66. The Balaban J connectivity index is 2.24. The molecule has 1 aliphatic heterocycles. The molecule has 1 unspecified atom stereocenters. The predicted octanol–water partition coefficient (Wildman–Crippen LogP) is 2.66. The van der Waals surface area contributed by atoms with Gasteiger partial charge in [0.25, 0.3) is 0 Å². The fourth-order valence-electron chi connectivity index (χ4n) is 2.63. The first-order chi connectivity index (χ1) is 8.55. The lowest BCUT2D eigenvalue weighted by molar-refractivity contribution is 0.0179. The van der Waals surface area contributed by atoms with Crippen LogP contribution in [0.25, 0.3) is 0 Å². The van der Waals surface area contributed by atoms with Gasteiger partial charge in [-0.1, -0.05) is 13.0 Å². The van der Waals surface area contributed by atoms with Gasteiger partial charge in [-0.2, -0.15) is 0 Å². The molecule has 1 fully saturated rings. The van der Waals surface area contributed by atoms with Gasteiger partial charge in [-0.15, -0.1) is 0 Å². The number of hydrogen-bond acceptors (Lipinski definition) is 2. The third-order valence-corrected chi connectivity index (χ3v) is 3.79. The van der Waals surface area contributed by atoms with Gasteiger partial charge in [0.1, 0.15) is 11.6 Å². The van der Waals surface area contributed by atoms with Crippen LogP contribution in [0.3, 0.4) is 0 Å². The monoisotopic (exact) mass is 255 g/mol. The molecular formula is C14H19F2NO. The summed E-state index contributed by atoms with van der Waals surface area (Å²) < 4.78 is 26.7. The Morgan fingerprint density at radius 2 is 2.06 bits per heavy atom. The Labute approximate surface area is 106 Å². The standard InChI is InChI=1S/C14H19F2NO/c1-2-17-8-3-6-14(18,7-9-17)12-5-4-11(15)10-13(12)16/h4-5,10,18H,2-3,6-9H2,1H3. The summed E-state index contributed by atoms with van der Waals surface area (Å²) in [6, 6.07) is 3.42. The number of benzene rings is 1. The van der Waals surface area contributed by atoms with Crippen molar-refractivity contribution in [3.8, 4) is 0 Å². The molecule has 0 aromatic heterocycles. The quantitative estimate of drug-likeness (QED) is 0.878. The minimum atomic E-state index is -1.16. The van der Waals surface area contributed by atoms with Gasteiger partial charge in [-0.25, -0.2) is 8.78 Å².